The lowest BCUT2D eigenvalue weighted by molar-refractivity contribution is -0.139. The lowest BCUT2D eigenvalue weighted by Crippen LogP contribution is -2.40. The molecular formula is C26H26F3N4O5P. The third-order valence-corrected chi connectivity index (χ3v) is 6.38. The van der Waals surface area contributed by atoms with E-state index in [9.17, 15) is 17.7 Å². The summed E-state index contributed by atoms with van der Waals surface area (Å²) in [6.45, 7) is 0.730. The van der Waals surface area contributed by atoms with Crippen molar-refractivity contribution in [3.63, 3.8) is 0 Å². The van der Waals surface area contributed by atoms with Crippen molar-refractivity contribution in [1.29, 1.82) is 0 Å². The van der Waals surface area contributed by atoms with E-state index in [-0.39, 0.29) is 29.6 Å². The van der Waals surface area contributed by atoms with E-state index >= 15 is 0 Å². The van der Waals surface area contributed by atoms with Crippen LogP contribution in [-0.4, -0.2) is 31.2 Å². The first kappa shape index (κ1) is 28.5. The predicted molar refractivity (Wildman–Crippen MR) is 137 cm³/mol. The number of aromatic nitrogens is 3. The Morgan fingerprint density at radius 2 is 1.56 bits per heavy atom. The fourth-order valence-corrected chi connectivity index (χ4v) is 4.40. The number of ether oxygens (including phenoxy) is 1. The first-order valence-corrected chi connectivity index (χ1v) is 13.2. The maximum atomic E-state index is 14.0. The fraction of sp³-hybridized carbons (Fsp3) is 0.231. The Morgan fingerprint density at radius 1 is 0.949 bits per heavy atom. The quantitative estimate of drug-likeness (QED) is 0.242. The number of nitrogens with zero attached hydrogens (tertiary/aromatic N) is 3. The van der Waals surface area contributed by atoms with Crippen LogP contribution in [0.5, 0.6) is 5.75 Å². The van der Waals surface area contributed by atoms with Gasteiger partial charge in [-0.1, -0.05) is 54.6 Å². The SMILES string of the molecule is Cn1c(-c2ccc(OCc3ccc(-c4ccccc4)cc3)c(C(F)(F)F)c2)nnc1[C@@](C)(N)COP(=O)(O)O. The number of hydrogen-bond donors (Lipinski definition) is 3. The molecule has 4 N–H and O–H groups in total. The molecule has 1 atom stereocenters. The van der Waals surface area contributed by atoms with Crippen LogP contribution in [0, 0.1) is 0 Å². The summed E-state index contributed by atoms with van der Waals surface area (Å²) in [5, 5.41) is 7.88. The van der Waals surface area contributed by atoms with Crippen molar-refractivity contribution in [2.24, 2.45) is 12.8 Å². The number of phosphoric acid groups is 1. The average molecular weight is 562 g/mol. The highest BCUT2D eigenvalue weighted by Gasteiger charge is 2.36. The zero-order valence-corrected chi connectivity index (χ0v) is 21.9. The molecule has 4 aromatic rings. The number of hydrogen-bond acceptors (Lipinski definition) is 6. The number of alkyl halides is 3. The average Bonchev–Trinajstić information content (AvgIpc) is 3.28. The van der Waals surface area contributed by atoms with Crippen LogP contribution in [0.15, 0.2) is 72.8 Å². The minimum Gasteiger partial charge on any atom is -0.488 e. The molecule has 13 heteroatoms. The van der Waals surface area contributed by atoms with Crippen molar-refractivity contribution in [2.75, 3.05) is 6.61 Å². The van der Waals surface area contributed by atoms with Crippen molar-refractivity contribution in [3.05, 3.63) is 89.7 Å². The molecule has 0 saturated heterocycles. The predicted octanol–water partition coefficient (Wildman–Crippen LogP) is 5.03. The molecule has 0 saturated carbocycles. The Morgan fingerprint density at radius 3 is 2.18 bits per heavy atom. The highest BCUT2D eigenvalue weighted by atomic mass is 31.2. The van der Waals surface area contributed by atoms with Crippen molar-refractivity contribution in [2.45, 2.75) is 25.2 Å². The van der Waals surface area contributed by atoms with Gasteiger partial charge >= 0.3 is 14.0 Å². The van der Waals surface area contributed by atoms with Gasteiger partial charge in [-0.2, -0.15) is 13.2 Å². The van der Waals surface area contributed by atoms with Gasteiger partial charge in [-0.05, 0) is 41.8 Å². The minimum absolute atomic E-state index is 0.0544. The lowest BCUT2D eigenvalue weighted by atomic mass is 10.0. The summed E-state index contributed by atoms with van der Waals surface area (Å²) in [5.74, 6) is -0.232. The van der Waals surface area contributed by atoms with Crippen LogP contribution in [0.3, 0.4) is 0 Å². The molecule has 1 heterocycles. The zero-order valence-electron chi connectivity index (χ0n) is 21.0. The van der Waals surface area contributed by atoms with Crippen LogP contribution in [0.2, 0.25) is 0 Å². The molecule has 206 valence electrons. The molecule has 0 fully saturated rings. The molecule has 39 heavy (non-hydrogen) atoms. The molecule has 0 unspecified atom stereocenters. The van der Waals surface area contributed by atoms with E-state index in [0.29, 0.717) is 5.56 Å². The van der Waals surface area contributed by atoms with Crippen molar-refractivity contribution < 1.29 is 36.8 Å². The van der Waals surface area contributed by atoms with Crippen molar-refractivity contribution in [3.8, 4) is 28.3 Å². The second-order valence-corrected chi connectivity index (χ2v) is 10.4. The first-order valence-electron chi connectivity index (χ1n) is 11.6. The highest BCUT2D eigenvalue weighted by molar-refractivity contribution is 7.46. The third kappa shape index (κ3) is 6.92. The Balaban J connectivity index is 1.56. The molecule has 0 spiro atoms. The topological polar surface area (TPSA) is 133 Å². The highest BCUT2D eigenvalue weighted by Crippen LogP contribution is 2.40. The van der Waals surface area contributed by atoms with Crippen LogP contribution in [0.1, 0.15) is 23.9 Å². The van der Waals surface area contributed by atoms with E-state index in [1.54, 1.807) is 12.1 Å². The Labute approximate surface area is 222 Å². The molecular weight excluding hydrogens is 536 g/mol. The Kier molecular flexibility index (Phi) is 7.97. The van der Waals surface area contributed by atoms with Crippen LogP contribution >= 0.6 is 7.82 Å². The van der Waals surface area contributed by atoms with Gasteiger partial charge in [0.1, 0.15) is 12.4 Å². The van der Waals surface area contributed by atoms with Gasteiger partial charge in [-0.15, -0.1) is 10.2 Å². The molecule has 1 aromatic heterocycles. The van der Waals surface area contributed by atoms with E-state index in [1.807, 2.05) is 42.5 Å². The van der Waals surface area contributed by atoms with Gasteiger partial charge in [0.05, 0.1) is 17.7 Å². The van der Waals surface area contributed by atoms with Crippen LogP contribution in [0.25, 0.3) is 22.5 Å². The van der Waals surface area contributed by atoms with Gasteiger partial charge in [0.25, 0.3) is 0 Å². The summed E-state index contributed by atoms with van der Waals surface area (Å²) in [5.41, 5.74) is 6.41. The number of halogens is 3. The Bertz CT molecular complexity index is 1490. The molecule has 9 nitrogen and oxygen atoms in total. The zero-order chi connectivity index (χ0) is 28.4. The van der Waals surface area contributed by atoms with E-state index in [2.05, 4.69) is 14.7 Å². The number of rotatable bonds is 9. The second-order valence-electron chi connectivity index (χ2n) is 9.15. The fourth-order valence-electron chi connectivity index (χ4n) is 3.96. The van der Waals surface area contributed by atoms with Crippen LogP contribution in [-0.2, 0) is 34.5 Å². The number of benzene rings is 3. The first-order chi connectivity index (χ1) is 18.2. The lowest BCUT2D eigenvalue weighted by Gasteiger charge is -2.23. The summed E-state index contributed by atoms with van der Waals surface area (Å²) < 4.78 is 64.4. The van der Waals surface area contributed by atoms with Gasteiger partial charge in [-0.3, -0.25) is 4.52 Å². The van der Waals surface area contributed by atoms with E-state index < -0.39 is 31.7 Å². The summed E-state index contributed by atoms with van der Waals surface area (Å²) in [6.07, 6.45) is -4.72. The standard InChI is InChI=1S/C26H26F3N4O5P/c1-25(30,16-38-39(34,35)36)24-32-31-23(33(24)2)20-12-13-22(21(14-20)26(27,28)29)37-15-17-8-10-19(11-9-17)18-6-4-3-5-7-18/h3-14H,15-16,30H2,1-2H3,(H2,34,35,36)/t25-/m0/s1. The maximum absolute atomic E-state index is 14.0. The Hall–Kier alpha value is -3.54. The van der Waals surface area contributed by atoms with Gasteiger partial charge in [-0.25, -0.2) is 4.57 Å². The molecule has 3 aromatic carbocycles. The van der Waals surface area contributed by atoms with E-state index in [1.165, 1.54) is 30.7 Å². The summed E-state index contributed by atoms with van der Waals surface area (Å²) >= 11 is 0. The normalized spacial score (nSPS) is 13.7. The maximum Gasteiger partial charge on any atom is 0.469 e. The summed E-state index contributed by atoms with van der Waals surface area (Å²) in [4.78, 5) is 17.9. The van der Waals surface area contributed by atoms with Crippen molar-refractivity contribution >= 4 is 7.82 Å². The minimum atomic E-state index is -4.80. The largest absolute Gasteiger partial charge is 0.488 e. The molecule has 0 aliphatic carbocycles. The summed E-state index contributed by atoms with van der Waals surface area (Å²) in [6, 6.07) is 20.6. The van der Waals surface area contributed by atoms with Crippen molar-refractivity contribution in [1.82, 2.24) is 14.8 Å². The van der Waals surface area contributed by atoms with Gasteiger partial charge in [0.2, 0.25) is 0 Å². The molecule has 4 rings (SSSR count). The van der Waals surface area contributed by atoms with Crippen LogP contribution in [0.4, 0.5) is 13.2 Å². The number of phosphoric ester groups is 1. The summed E-state index contributed by atoms with van der Waals surface area (Å²) in [7, 11) is -3.33. The van der Waals surface area contributed by atoms with Gasteiger partial charge in [0, 0.05) is 12.6 Å². The molecule has 0 aliphatic rings. The van der Waals surface area contributed by atoms with Gasteiger partial charge < -0.3 is 24.8 Å². The number of nitrogens with two attached hydrogens (primary N) is 1. The van der Waals surface area contributed by atoms with Gasteiger partial charge in [0.15, 0.2) is 11.6 Å². The molecule has 0 amide bonds. The van der Waals surface area contributed by atoms with E-state index in [4.69, 9.17) is 20.3 Å². The molecule has 0 bridgehead atoms. The van der Waals surface area contributed by atoms with E-state index in [0.717, 1.165) is 17.2 Å². The molecule has 0 aliphatic heterocycles. The second kappa shape index (κ2) is 10.9. The van der Waals surface area contributed by atoms with Crippen LogP contribution < -0.4 is 10.5 Å². The third-order valence-electron chi connectivity index (χ3n) is 5.92. The monoisotopic (exact) mass is 562 g/mol. The molecule has 0 radical (unpaired) electrons. The smallest absolute Gasteiger partial charge is 0.469 e.